The standard InChI is InChI=1S/C14H9BrN2S.2C10H8N2.2F6P.Ru/c15-14-5-4-13(18-14)10-6-8-17-12(9-10)11-3-1-2-7-16-11;2*1-3-7-11-9(5-1)10-6-2-4-8-12-10;2*1-7(2,3,4,5)6;/h1-9H;2*1-8H;;;/q;;;2*-1;+2. The fraction of sp³-hybridized carbons (Fsp3) is 0. The van der Waals surface area contributed by atoms with E-state index in [0.29, 0.717) is 0 Å². The van der Waals surface area contributed by atoms with Gasteiger partial charge in [0, 0.05) is 42.1 Å². The predicted octanol–water partition coefficient (Wildman–Crippen LogP) is 15.7. The summed E-state index contributed by atoms with van der Waals surface area (Å²) in [5.74, 6) is 0. The molecule has 0 aliphatic heterocycles. The molecule has 0 saturated heterocycles. The van der Waals surface area contributed by atoms with Gasteiger partial charge in [0.1, 0.15) is 0 Å². The minimum absolute atomic E-state index is 0. The van der Waals surface area contributed by atoms with Crippen molar-refractivity contribution in [2.24, 2.45) is 0 Å². The minimum atomic E-state index is -10.7. The number of rotatable bonds is 4. The monoisotopic (exact) mass is 1020 g/mol. The summed E-state index contributed by atoms with van der Waals surface area (Å²) in [6, 6.07) is 37.3. The molecule has 7 rings (SSSR count). The molecule has 7 aromatic rings. The van der Waals surface area contributed by atoms with Crippen molar-refractivity contribution in [3.8, 4) is 44.6 Å². The second kappa shape index (κ2) is 18.5. The summed E-state index contributed by atoms with van der Waals surface area (Å²) in [4.78, 5) is 26.7. The Bertz CT molecular complexity index is 2050. The van der Waals surface area contributed by atoms with Crippen LogP contribution in [0.1, 0.15) is 0 Å². The molecule has 7 heterocycles. The van der Waals surface area contributed by atoms with Gasteiger partial charge in [0.05, 0.1) is 37.9 Å². The van der Waals surface area contributed by atoms with E-state index in [4.69, 9.17) is 0 Å². The summed E-state index contributed by atoms with van der Waals surface area (Å²) in [6.45, 7) is 0. The van der Waals surface area contributed by atoms with Gasteiger partial charge in [0.15, 0.2) is 0 Å². The molecule has 0 spiro atoms. The number of pyridine rings is 6. The Hall–Kier alpha value is -4.28. The zero-order valence-electron chi connectivity index (χ0n) is 28.2. The van der Waals surface area contributed by atoms with Crippen molar-refractivity contribution in [2.75, 3.05) is 0 Å². The second-order valence-electron chi connectivity index (χ2n) is 10.5. The Kier molecular flexibility index (Phi) is 15.9. The van der Waals surface area contributed by atoms with E-state index in [1.165, 1.54) is 10.4 Å². The van der Waals surface area contributed by atoms with Gasteiger partial charge in [0.25, 0.3) is 0 Å². The third-order valence-electron chi connectivity index (χ3n) is 5.73. The van der Waals surface area contributed by atoms with Crippen LogP contribution in [-0.4, -0.2) is 29.9 Å². The first-order chi connectivity index (χ1) is 25.7. The zero-order valence-corrected chi connectivity index (χ0v) is 34.1. The molecule has 0 amide bonds. The number of hydrogen-bond acceptors (Lipinski definition) is 7. The van der Waals surface area contributed by atoms with E-state index in [0.717, 1.165) is 37.9 Å². The summed E-state index contributed by atoms with van der Waals surface area (Å²) in [7, 11) is -21.3. The Morgan fingerprint density at radius 2 is 0.649 bits per heavy atom. The van der Waals surface area contributed by atoms with Crippen LogP contribution in [0.25, 0.3) is 44.6 Å². The molecule has 0 aromatic carbocycles. The van der Waals surface area contributed by atoms with Crippen molar-refractivity contribution in [3.05, 3.63) is 156 Å². The van der Waals surface area contributed by atoms with Gasteiger partial charge in [-0.05, 0) is 106 Å². The van der Waals surface area contributed by atoms with Crippen molar-refractivity contribution < 1.29 is 69.8 Å². The maximum atomic E-state index is 9.87. The summed E-state index contributed by atoms with van der Waals surface area (Å²) < 4.78 is 120. The Morgan fingerprint density at radius 1 is 0.368 bits per heavy atom. The van der Waals surface area contributed by atoms with Crippen molar-refractivity contribution in [1.29, 1.82) is 0 Å². The zero-order chi connectivity index (χ0) is 41.6. The van der Waals surface area contributed by atoms with Crippen LogP contribution in [0.3, 0.4) is 0 Å². The van der Waals surface area contributed by atoms with Crippen molar-refractivity contribution >= 4 is 42.9 Å². The van der Waals surface area contributed by atoms with Crippen LogP contribution in [0.15, 0.2) is 156 Å². The first-order valence-electron chi connectivity index (χ1n) is 15.1. The molecule has 0 atom stereocenters. The first-order valence-corrected chi connectivity index (χ1v) is 20.7. The van der Waals surface area contributed by atoms with E-state index < -0.39 is 15.6 Å². The SMILES string of the molecule is Brc1ccc(-c2ccnc(-c3ccccn3)c2)s1.F[P-](F)(F)(F)(F)F.F[P-](F)(F)(F)(F)F.[Ru+2].c1ccc(-c2ccccn2)nc1.c1ccc(-c2ccccn2)nc1. The molecule has 0 aliphatic rings. The summed E-state index contributed by atoms with van der Waals surface area (Å²) in [6.07, 6.45) is 10.7. The number of aromatic nitrogens is 6. The fourth-order valence-electron chi connectivity index (χ4n) is 3.76. The fourth-order valence-corrected chi connectivity index (χ4v) is 5.15. The maximum absolute atomic E-state index is 10.7. The molecule has 0 radical (unpaired) electrons. The van der Waals surface area contributed by atoms with Crippen LogP contribution in [-0.2, 0) is 19.5 Å². The van der Waals surface area contributed by atoms with E-state index in [9.17, 15) is 50.4 Å². The van der Waals surface area contributed by atoms with Crippen molar-refractivity contribution in [1.82, 2.24) is 29.9 Å². The third-order valence-corrected chi connectivity index (χ3v) is 7.40. The molecule has 0 bridgehead atoms. The largest absolute Gasteiger partial charge is 2.00 e. The Balaban J connectivity index is 0.000000257. The molecule has 0 unspecified atom stereocenters. The second-order valence-corrected chi connectivity index (χ2v) is 16.8. The third kappa shape index (κ3) is 25.6. The smallest absolute Gasteiger partial charge is 0.255 e. The van der Waals surface area contributed by atoms with Crippen LogP contribution < -0.4 is 0 Å². The van der Waals surface area contributed by atoms with Crippen LogP contribution in [0, 0.1) is 0 Å². The molecule has 0 saturated carbocycles. The van der Waals surface area contributed by atoms with Gasteiger partial charge in [-0.15, -0.1) is 11.3 Å². The van der Waals surface area contributed by atoms with E-state index in [1.54, 1.807) is 42.3 Å². The van der Waals surface area contributed by atoms with Crippen LogP contribution >= 0.6 is 42.9 Å². The van der Waals surface area contributed by atoms with Gasteiger partial charge in [-0.1, -0.05) is 30.3 Å². The summed E-state index contributed by atoms with van der Waals surface area (Å²) in [5.41, 5.74) is 6.63. The Morgan fingerprint density at radius 3 is 0.895 bits per heavy atom. The van der Waals surface area contributed by atoms with Gasteiger partial charge >= 0.3 is 85.5 Å². The average molecular weight is 1020 g/mol. The molecular formula is C34H25BrF12N6P2RuS. The molecule has 6 nitrogen and oxygen atoms in total. The molecule has 7 aromatic heterocycles. The first kappa shape index (κ1) is 48.9. The normalized spacial score (nSPS) is 13.1. The summed E-state index contributed by atoms with van der Waals surface area (Å²) in [5, 5.41) is 0. The molecule has 306 valence electrons. The van der Waals surface area contributed by atoms with Gasteiger partial charge in [-0.2, -0.15) is 0 Å². The molecule has 0 N–H and O–H groups in total. The van der Waals surface area contributed by atoms with Crippen LogP contribution in [0.4, 0.5) is 50.4 Å². The quantitative estimate of drug-likeness (QED) is 0.0993. The number of thiophene rings is 1. The maximum Gasteiger partial charge on any atom is 2.00 e. The van der Waals surface area contributed by atoms with Gasteiger partial charge in [0.2, 0.25) is 0 Å². The molecule has 23 heteroatoms. The van der Waals surface area contributed by atoms with Gasteiger partial charge in [-0.3, -0.25) is 29.9 Å². The average Bonchev–Trinajstić information content (AvgIpc) is 3.58. The number of hydrogen-bond donors (Lipinski definition) is 0. The molecule has 0 aliphatic carbocycles. The van der Waals surface area contributed by atoms with Gasteiger partial charge in [-0.25, -0.2) is 0 Å². The number of halogens is 13. The van der Waals surface area contributed by atoms with E-state index in [1.807, 2.05) is 103 Å². The number of nitrogens with zero attached hydrogens (tertiary/aromatic N) is 6. The minimum Gasteiger partial charge on any atom is -0.255 e. The molecule has 0 fully saturated rings. The summed E-state index contributed by atoms with van der Waals surface area (Å²) >= 11 is 5.20. The molecule has 57 heavy (non-hydrogen) atoms. The predicted molar refractivity (Wildman–Crippen MR) is 201 cm³/mol. The van der Waals surface area contributed by atoms with E-state index in [2.05, 4.69) is 64.0 Å². The van der Waals surface area contributed by atoms with E-state index >= 15 is 0 Å². The van der Waals surface area contributed by atoms with E-state index in [-0.39, 0.29) is 19.5 Å². The van der Waals surface area contributed by atoms with Crippen LogP contribution in [0.5, 0.6) is 0 Å². The van der Waals surface area contributed by atoms with Gasteiger partial charge < -0.3 is 0 Å². The topological polar surface area (TPSA) is 77.3 Å². The van der Waals surface area contributed by atoms with Crippen LogP contribution in [0.2, 0.25) is 0 Å². The Labute approximate surface area is 341 Å². The molecular weight excluding hydrogens is 995 g/mol. The van der Waals surface area contributed by atoms with Crippen molar-refractivity contribution in [3.63, 3.8) is 0 Å². The van der Waals surface area contributed by atoms with Crippen molar-refractivity contribution in [2.45, 2.75) is 0 Å².